The van der Waals surface area contributed by atoms with Crippen LogP contribution in [-0.2, 0) is 10.8 Å². The Hall–Kier alpha value is -14.5. The number of rotatable bonds is 9. The highest BCUT2D eigenvalue weighted by Gasteiger charge is 2.40. The molecule has 0 bridgehead atoms. The number of fused-ring (bicyclic) bond motifs is 18. The monoisotopic (exact) mass is 1460 g/mol. The third kappa shape index (κ3) is 10.1. The fourth-order valence-electron chi connectivity index (χ4n) is 19.3. The molecule has 114 heavy (non-hydrogen) atoms. The molecule has 21 aromatic rings. The molecule has 0 amide bonds. The predicted octanol–water partition coefficient (Wildman–Crippen LogP) is 29.0. The lowest BCUT2D eigenvalue weighted by Crippen LogP contribution is -2.30. The van der Waals surface area contributed by atoms with Gasteiger partial charge in [0, 0.05) is 88.0 Å². The lowest BCUT2D eigenvalue weighted by atomic mass is 9.72. The van der Waals surface area contributed by atoms with E-state index in [-0.39, 0.29) is 10.8 Å². The minimum Gasteiger partial charge on any atom is -0.310 e. The molecule has 6 nitrogen and oxygen atoms in total. The van der Waals surface area contributed by atoms with E-state index >= 15 is 0 Å². The van der Waals surface area contributed by atoms with Gasteiger partial charge in [0.2, 0.25) is 0 Å². The molecule has 17 aromatic carbocycles. The van der Waals surface area contributed by atoms with Gasteiger partial charge < -0.3 is 28.1 Å². The average Bonchev–Trinajstić information content (AvgIpc) is 1.50. The van der Waals surface area contributed by atoms with Crippen molar-refractivity contribution >= 4 is 121 Å². The van der Waals surface area contributed by atoms with E-state index in [4.69, 9.17) is 0 Å². The summed E-state index contributed by atoms with van der Waals surface area (Å²) in [5.74, 6) is 0. The van der Waals surface area contributed by atoms with Crippen molar-refractivity contribution in [2.45, 2.75) is 38.5 Å². The molecule has 0 fully saturated rings. The Balaban J connectivity index is 0.000000140. The van der Waals surface area contributed by atoms with Crippen molar-refractivity contribution in [3.05, 3.63) is 423 Å². The Kier molecular flexibility index (Phi) is 15.2. The maximum atomic E-state index is 2.49. The van der Waals surface area contributed by atoms with Crippen LogP contribution in [0.2, 0.25) is 0 Å². The summed E-state index contributed by atoms with van der Waals surface area (Å²) in [6, 6.07) is 147. The summed E-state index contributed by atoms with van der Waals surface area (Å²) < 4.78 is 9.91. The van der Waals surface area contributed by atoms with E-state index in [9.17, 15) is 0 Å². The molecule has 0 aliphatic carbocycles. The zero-order chi connectivity index (χ0) is 75.9. The van der Waals surface area contributed by atoms with Crippen molar-refractivity contribution in [1.29, 1.82) is 0 Å². The second-order valence-corrected chi connectivity index (χ2v) is 31.5. The van der Waals surface area contributed by atoms with Gasteiger partial charge in [-0.05, 0) is 201 Å². The first-order valence-corrected chi connectivity index (χ1v) is 39.7. The molecule has 0 saturated carbocycles. The van der Waals surface area contributed by atoms with Crippen molar-refractivity contribution in [1.82, 2.24) is 18.3 Å². The number of hydrogen-bond acceptors (Lipinski definition) is 2. The van der Waals surface area contributed by atoms with Crippen LogP contribution in [-0.4, -0.2) is 18.3 Å². The number of aromatic nitrogens is 4. The van der Waals surface area contributed by atoms with Gasteiger partial charge in [-0.3, -0.25) is 0 Å². The van der Waals surface area contributed by atoms with Gasteiger partial charge in [-0.1, -0.05) is 282 Å². The summed E-state index contributed by atoms with van der Waals surface area (Å²) in [6.45, 7) is 9.48. The number of nitrogens with zero attached hydrogens (tertiary/aromatic N) is 6. The van der Waals surface area contributed by atoms with Gasteiger partial charge in [-0.25, -0.2) is 0 Å². The second kappa shape index (κ2) is 26.1. The molecule has 0 spiro atoms. The van der Waals surface area contributed by atoms with Crippen LogP contribution < -0.4 is 9.80 Å². The number of hydrogen-bond donors (Lipinski definition) is 0. The first-order valence-electron chi connectivity index (χ1n) is 39.7. The minimum atomic E-state index is -0.224. The topological polar surface area (TPSA) is 26.2 Å². The van der Waals surface area contributed by atoms with E-state index in [0.717, 1.165) is 34.1 Å². The lowest BCUT2D eigenvalue weighted by molar-refractivity contribution is 0.632. The average molecular weight is 1460 g/mol. The van der Waals surface area contributed by atoms with Gasteiger partial charge >= 0.3 is 0 Å². The minimum absolute atomic E-state index is 0.180. The summed E-state index contributed by atoms with van der Waals surface area (Å²) in [4.78, 5) is 4.90. The summed E-state index contributed by atoms with van der Waals surface area (Å²) >= 11 is 0. The summed E-state index contributed by atoms with van der Waals surface area (Å²) in [5, 5.41) is 9.94. The molecule has 540 valence electrons. The summed E-state index contributed by atoms with van der Waals surface area (Å²) in [7, 11) is 0. The van der Waals surface area contributed by atoms with E-state index in [1.807, 2.05) is 0 Å². The zero-order valence-electron chi connectivity index (χ0n) is 63.8. The molecule has 0 atom stereocenters. The van der Waals surface area contributed by atoms with Gasteiger partial charge in [-0.2, -0.15) is 0 Å². The zero-order valence-corrected chi connectivity index (χ0v) is 63.8. The van der Waals surface area contributed by atoms with Crippen molar-refractivity contribution < 1.29 is 0 Å². The largest absolute Gasteiger partial charge is 0.310 e. The molecular formula is C108H78N6. The van der Waals surface area contributed by atoms with Crippen LogP contribution in [0.4, 0.5) is 34.1 Å². The molecule has 0 saturated heterocycles. The normalized spacial score (nSPS) is 13.4. The van der Waals surface area contributed by atoms with E-state index < -0.39 is 0 Å². The molecule has 0 N–H and O–H groups in total. The van der Waals surface area contributed by atoms with Crippen LogP contribution in [0.3, 0.4) is 0 Å². The molecule has 0 unspecified atom stereocenters. The molecule has 0 radical (unpaired) electrons. The fraction of sp³-hybridized carbons (Fsp3) is 0.0556. The van der Waals surface area contributed by atoms with Crippen molar-refractivity contribution in [2.24, 2.45) is 0 Å². The van der Waals surface area contributed by atoms with Gasteiger partial charge in [0.15, 0.2) is 0 Å². The second-order valence-electron chi connectivity index (χ2n) is 31.5. The van der Waals surface area contributed by atoms with Crippen LogP contribution in [0.5, 0.6) is 0 Å². The maximum Gasteiger partial charge on any atom is 0.0795 e. The van der Waals surface area contributed by atoms with Crippen molar-refractivity contribution in [3.8, 4) is 56.1 Å². The SMILES string of the molecule is CC1(C)c2ccccc2N(c2ccc(-c3cc4c5ccccc5n(-c5ccccc5)c4c4c3c3ccccc3n4-c3ccccc3)cc2)c2ccc(-c3ccccc3)cc21.CC1(C)c2ccccc2N(c2ccccc2)c2ccc(-c3cc4c5ccccc5n(-c5ccccc5)c4c4c3c3ccccc3n4-c3ccccc3)cc21. The first-order chi connectivity index (χ1) is 56.2. The van der Waals surface area contributed by atoms with Gasteiger partial charge in [0.1, 0.15) is 0 Å². The van der Waals surface area contributed by atoms with Crippen molar-refractivity contribution in [3.63, 3.8) is 0 Å². The van der Waals surface area contributed by atoms with Crippen LogP contribution in [0.15, 0.2) is 400 Å². The van der Waals surface area contributed by atoms with E-state index in [2.05, 4.69) is 456 Å². The number of anilines is 6. The van der Waals surface area contributed by atoms with E-state index in [1.54, 1.807) is 0 Å². The fourth-order valence-corrected chi connectivity index (χ4v) is 19.3. The highest BCUT2D eigenvalue weighted by Crippen LogP contribution is 2.57. The van der Waals surface area contributed by atoms with Crippen LogP contribution in [0.25, 0.3) is 143 Å². The van der Waals surface area contributed by atoms with Gasteiger partial charge in [0.05, 0.1) is 66.9 Å². The Morgan fingerprint density at radius 2 is 0.474 bits per heavy atom. The van der Waals surface area contributed by atoms with Crippen molar-refractivity contribution in [2.75, 3.05) is 9.80 Å². The maximum absolute atomic E-state index is 2.49. The summed E-state index contributed by atoms with van der Waals surface area (Å²) in [6.07, 6.45) is 0. The highest BCUT2D eigenvalue weighted by atomic mass is 15.2. The highest BCUT2D eigenvalue weighted by molar-refractivity contribution is 6.30. The standard InChI is InChI=1S/C57H41N3.C51H37N3/c1-57(2)48-26-14-17-29-52(48)58(53-35-32-40(36-49(53)57)38-18-6-3-7-19-38)43-33-30-39(31-34-43)46-37-47-44-24-12-15-27-50(44)59(41-20-8-4-9-21-41)55(47)56-54(46)45-25-13-16-28-51(45)60(56)42-22-10-5-11-23-42;1-51(2)42-26-14-17-29-46(42)52(35-18-6-3-7-19-35)47-31-30-34(32-43(47)51)40-33-41-38-24-12-15-27-44(38)53(36-20-8-4-9-21-36)49(41)50-48(40)39-25-13-16-28-45(39)54(50)37-22-10-5-11-23-37/h3-37H,1-2H3;3-33H,1-2H3. The third-order valence-corrected chi connectivity index (χ3v) is 24.5. The van der Waals surface area contributed by atoms with Crippen LogP contribution in [0.1, 0.15) is 49.9 Å². The first kappa shape index (κ1) is 66.5. The Morgan fingerprint density at radius 1 is 0.184 bits per heavy atom. The Labute approximate surface area is 662 Å². The van der Waals surface area contributed by atoms with Crippen LogP contribution in [0, 0.1) is 0 Å². The Morgan fingerprint density at radius 3 is 0.895 bits per heavy atom. The van der Waals surface area contributed by atoms with Crippen LogP contribution >= 0.6 is 0 Å². The molecule has 4 aromatic heterocycles. The summed E-state index contributed by atoms with van der Waals surface area (Å²) in [5.41, 5.74) is 33.6. The lowest BCUT2D eigenvalue weighted by Gasteiger charge is -2.42. The van der Waals surface area contributed by atoms with E-state index in [0.29, 0.717) is 0 Å². The molecule has 2 aliphatic rings. The predicted molar refractivity (Wildman–Crippen MR) is 480 cm³/mol. The molecular weight excluding hydrogens is 1380 g/mol. The number of benzene rings is 17. The van der Waals surface area contributed by atoms with E-state index in [1.165, 1.54) is 166 Å². The van der Waals surface area contributed by atoms with Gasteiger partial charge in [0.25, 0.3) is 0 Å². The smallest absolute Gasteiger partial charge is 0.0795 e. The Bertz CT molecular complexity index is 7370. The third-order valence-electron chi connectivity index (χ3n) is 24.5. The van der Waals surface area contributed by atoms with Gasteiger partial charge in [-0.15, -0.1) is 0 Å². The molecule has 2 aliphatic heterocycles. The molecule has 6 heterocycles. The molecule has 23 rings (SSSR count). The molecule has 6 heteroatoms. The number of para-hydroxylation sites is 11. The quantitative estimate of drug-likeness (QED) is 0.144.